The molecule has 2 atom stereocenters. The highest BCUT2D eigenvalue weighted by atomic mass is 32.2. The number of fused-ring (bicyclic) bond motifs is 1. The Morgan fingerprint density at radius 3 is 2.59 bits per heavy atom. The van der Waals surface area contributed by atoms with Crippen LogP contribution in [0.3, 0.4) is 0 Å². The monoisotopic (exact) mass is 476 g/mol. The number of ether oxygens (including phenoxy) is 2. The first-order valence-corrected chi connectivity index (χ1v) is 11.7. The lowest BCUT2D eigenvalue weighted by molar-refractivity contribution is -0.153. The molecule has 2 amide bonds. The fourth-order valence-corrected chi connectivity index (χ4v) is 5.12. The van der Waals surface area contributed by atoms with Gasteiger partial charge in [0.1, 0.15) is 29.5 Å². The topological polar surface area (TPSA) is 84.9 Å². The zero-order chi connectivity index (χ0) is 24.1. The van der Waals surface area contributed by atoms with Gasteiger partial charge in [-0.05, 0) is 29.3 Å². The highest BCUT2D eigenvalue weighted by Crippen LogP contribution is 2.41. The summed E-state index contributed by atoms with van der Waals surface area (Å²) in [7, 11) is 1.58. The van der Waals surface area contributed by atoms with Crippen LogP contribution in [0.4, 0.5) is 0 Å². The summed E-state index contributed by atoms with van der Waals surface area (Å²) in [6.07, 6.45) is 1.76. The molecule has 2 aromatic rings. The first kappa shape index (κ1) is 23.4. The van der Waals surface area contributed by atoms with Gasteiger partial charge in [-0.3, -0.25) is 14.5 Å². The average molecular weight is 477 g/mol. The number of amides is 2. The number of methoxy groups -OCH3 is 1. The Labute approximate surface area is 202 Å². The summed E-state index contributed by atoms with van der Waals surface area (Å²) >= 11 is 1.47. The quantitative estimate of drug-likeness (QED) is 0.358. The van der Waals surface area contributed by atoms with Gasteiger partial charge in [0.15, 0.2) is 0 Å². The first-order valence-electron chi connectivity index (χ1n) is 10.7. The molecule has 4 rings (SSSR count). The van der Waals surface area contributed by atoms with E-state index in [4.69, 9.17) is 9.47 Å². The van der Waals surface area contributed by atoms with E-state index in [9.17, 15) is 14.4 Å². The van der Waals surface area contributed by atoms with Crippen LogP contribution in [0, 0.1) is 0 Å². The van der Waals surface area contributed by atoms with Crippen molar-refractivity contribution in [1.82, 2.24) is 10.2 Å². The molecule has 2 heterocycles. The van der Waals surface area contributed by atoms with Gasteiger partial charge in [-0.2, -0.15) is 0 Å². The van der Waals surface area contributed by atoms with Gasteiger partial charge in [-0.25, -0.2) is 4.79 Å². The summed E-state index contributed by atoms with van der Waals surface area (Å²) in [6.45, 7) is 3.64. The maximum Gasteiger partial charge on any atom is 0.355 e. The predicted molar refractivity (Wildman–Crippen MR) is 129 cm³/mol. The molecule has 0 saturated carbocycles. The second kappa shape index (κ2) is 10.5. The molecule has 0 spiro atoms. The van der Waals surface area contributed by atoms with Gasteiger partial charge < -0.3 is 14.8 Å². The van der Waals surface area contributed by atoms with Crippen molar-refractivity contribution >= 4 is 29.5 Å². The van der Waals surface area contributed by atoms with Gasteiger partial charge in [0, 0.05) is 11.3 Å². The second-order valence-electron chi connectivity index (χ2n) is 7.76. The van der Waals surface area contributed by atoms with Crippen molar-refractivity contribution in [2.24, 2.45) is 0 Å². The van der Waals surface area contributed by atoms with Gasteiger partial charge in [0.25, 0.3) is 5.91 Å². The van der Waals surface area contributed by atoms with Crippen LogP contribution in [0.15, 0.2) is 84.3 Å². The van der Waals surface area contributed by atoms with Crippen LogP contribution in [0.5, 0.6) is 5.75 Å². The number of nitrogens with one attached hydrogen (secondary N) is 1. The van der Waals surface area contributed by atoms with E-state index in [2.05, 4.69) is 17.6 Å². The molecule has 0 bridgehead atoms. The highest BCUT2D eigenvalue weighted by Gasteiger charge is 2.54. The molecule has 0 aromatic heterocycles. The number of carbonyl (C=O) groups is 3. The zero-order valence-corrected chi connectivity index (χ0v) is 19.5. The van der Waals surface area contributed by atoms with Crippen LogP contribution in [0.25, 0.3) is 0 Å². The van der Waals surface area contributed by atoms with E-state index in [0.29, 0.717) is 17.1 Å². The number of esters is 1. The van der Waals surface area contributed by atoms with Gasteiger partial charge in [-0.1, -0.05) is 49.0 Å². The number of benzene rings is 2. The Bertz CT molecular complexity index is 1170. The van der Waals surface area contributed by atoms with Crippen LogP contribution >= 0.6 is 11.8 Å². The Balaban J connectivity index is 1.44. The van der Waals surface area contributed by atoms with Gasteiger partial charge in [0.05, 0.1) is 13.5 Å². The third-order valence-electron chi connectivity index (χ3n) is 5.52. The summed E-state index contributed by atoms with van der Waals surface area (Å²) in [5.41, 5.74) is 5.11. The number of hydrogen-bond acceptors (Lipinski definition) is 6. The lowest BCUT2D eigenvalue weighted by atomic mass is 10.0. The molecular formula is C26H24N2O5S. The van der Waals surface area contributed by atoms with Crippen molar-refractivity contribution in [2.45, 2.75) is 24.4 Å². The highest BCUT2D eigenvalue weighted by molar-refractivity contribution is 8.00. The lowest BCUT2D eigenvalue weighted by Gasteiger charge is -2.49. The fraction of sp³-hybridized carbons (Fsp3) is 0.231. The number of thioether (sulfide) groups is 1. The van der Waals surface area contributed by atoms with Crippen LogP contribution in [-0.2, 0) is 32.1 Å². The zero-order valence-electron chi connectivity index (χ0n) is 18.7. The molecule has 0 radical (unpaired) electrons. The molecule has 8 heteroatoms. The van der Waals surface area contributed by atoms with Crippen molar-refractivity contribution in [3.63, 3.8) is 0 Å². The maximum atomic E-state index is 13.0. The number of nitrogens with zero attached hydrogens (tertiary/aromatic N) is 1. The van der Waals surface area contributed by atoms with Crippen LogP contribution < -0.4 is 10.1 Å². The Morgan fingerprint density at radius 2 is 1.91 bits per heavy atom. The Kier molecular flexibility index (Phi) is 7.21. The van der Waals surface area contributed by atoms with Crippen molar-refractivity contribution < 1.29 is 23.9 Å². The van der Waals surface area contributed by atoms with E-state index < -0.39 is 12.0 Å². The number of β-lactam (4-membered cyclic amide) rings is 1. The normalized spacial score (nSPS) is 18.9. The standard InChI is InChI=1S/C26H24N2O5S/c1-3-7-19-16-34-25-22(27-21(29)14-17-8-5-4-6-9-17)24(30)28(25)23(19)26(31)33-15-18-10-12-20(32-2)13-11-18/h4-13,22,25H,1,14-16H2,2H3,(H,27,29)/t22-,25-/m1/s1. The number of rotatable bonds is 8. The summed E-state index contributed by atoms with van der Waals surface area (Å²) < 4.78 is 10.7. The minimum absolute atomic E-state index is 0.0501. The molecule has 1 N–H and O–H groups in total. The molecule has 2 aliphatic rings. The van der Waals surface area contributed by atoms with E-state index in [1.165, 1.54) is 16.7 Å². The SMILES string of the molecule is C=C=CC1=C(C(=O)OCc2ccc(OC)cc2)N2C(=O)[C@@H](NC(=O)Cc3ccccc3)[C@H]2SC1. The van der Waals surface area contributed by atoms with E-state index >= 15 is 0 Å². The Hall–Kier alpha value is -3.74. The molecule has 2 aliphatic heterocycles. The molecule has 7 nitrogen and oxygen atoms in total. The van der Waals surface area contributed by atoms with Crippen molar-refractivity contribution in [1.29, 1.82) is 0 Å². The van der Waals surface area contributed by atoms with E-state index in [1.807, 2.05) is 30.3 Å². The maximum absolute atomic E-state index is 13.0. The second-order valence-corrected chi connectivity index (χ2v) is 8.87. The van der Waals surface area contributed by atoms with Crippen LogP contribution in [-0.4, -0.2) is 47.0 Å². The molecule has 0 aliphatic carbocycles. The van der Waals surface area contributed by atoms with Crippen molar-refractivity contribution in [3.8, 4) is 5.75 Å². The molecule has 0 unspecified atom stereocenters. The summed E-state index contributed by atoms with van der Waals surface area (Å²) in [5, 5.41) is 2.44. The van der Waals surface area contributed by atoms with E-state index in [0.717, 1.165) is 11.1 Å². The lowest BCUT2D eigenvalue weighted by Crippen LogP contribution is -2.70. The average Bonchev–Trinajstić information content (AvgIpc) is 2.86. The number of allylic oxidation sites excluding steroid dienone is 1. The summed E-state index contributed by atoms with van der Waals surface area (Å²) in [4.78, 5) is 39.9. The third kappa shape index (κ3) is 4.93. The smallest absolute Gasteiger partial charge is 0.355 e. The van der Waals surface area contributed by atoms with Crippen molar-refractivity contribution in [2.75, 3.05) is 12.9 Å². The first-order chi connectivity index (χ1) is 16.5. The predicted octanol–water partition coefficient (Wildman–Crippen LogP) is 2.98. The molecular weight excluding hydrogens is 452 g/mol. The van der Waals surface area contributed by atoms with Gasteiger partial charge in [-0.15, -0.1) is 17.5 Å². The molecule has 174 valence electrons. The van der Waals surface area contributed by atoms with E-state index in [1.54, 1.807) is 37.5 Å². The van der Waals surface area contributed by atoms with Gasteiger partial charge in [0.2, 0.25) is 5.91 Å². The minimum atomic E-state index is -0.695. The Morgan fingerprint density at radius 1 is 1.18 bits per heavy atom. The minimum Gasteiger partial charge on any atom is -0.497 e. The largest absolute Gasteiger partial charge is 0.497 e. The number of carbonyl (C=O) groups excluding carboxylic acids is 3. The molecule has 2 aromatic carbocycles. The molecule has 34 heavy (non-hydrogen) atoms. The molecule has 1 saturated heterocycles. The van der Waals surface area contributed by atoms with Gasteiger partial charge >= 0.3 is 5.97 Å². The summed E-state index contributed by atoms with van der Waals surface area (Å²) in [6, 6.07) is 15.8. The fourth-order valence-electron chi connectivity index (χ4n) is 3.81. The van der Waals surface area contributed by atoms with Crippen molar-refractivity contribution in [3.05, 3.63) is 95.4 Å². The number of hydrogen-bond donors (Lipinski definition) is 1. The van der Waals surface area contributed by atoms with E-state index in [-0.39, 0.29) is 35.9 Å². The van der Waals surface area contributed by atoms with Crippen LogP contribution in [0.2, 0.25) is 0 Å². The molecule has 1 fully saturated rings. The summed E-state index contributed by atoms with van der Waals surface area (Å²) in [5.74, 6) is -0.0197. The third-order valence-corrected chi connectivity index (χ3v) is 6.82. The van der Waals surface area contributed by atoms with Crippen LogP contribution in [0.1, 0.15) is 11.1 Å².